The number of ketones is 1. The van der Waals surface area contributed by atoms with Crippen LogP contribution >= 0.6 is 0 Å². The highest BCUT2D eigenvalue weighted by Gasteiger charge is 2.15. The van der Waals surface area contributed by atoms with Crippen molar-refractivity contribution in [2.24, 2.45) is 0 Å². The van der Waals surface area contributed by atoms with Crippen LogP contribution in [0.4, 0.5) is 0 Å². The Hall–Kier alpha value is -2.09. The number of aliphatic hydroxyl groups is 1. The van der Waals surface area contributed by atoms with Gasteiger partial charge in [0.05, 0.1) is 0 Å². The lowest BCUT2D eigenvalue weighted by molar-refractivity contribution is 0.101. The summed E-state index contributed by atoms with van der Waals surface area (Å²) in [7, 11) is 0. The zero-order chi connectivity index (χ0) is 12.3. The fraction of sp³-hybridized carbons (Fsp3) is 0.133. The summed E-state index contributed by atoms with van der Waals surface area (Å²) in [5, 5.41) is 8.97. The topological polar surface area (TPSA) is 37.3 Å². The van der Waals surface area contributed by atoms with Crippen molar-refractivity contribution >= 4 is 5.78 Å². The molecule has 0 amide bonds. The van der Waals surface area contributed by atoms with Crippen molar-refractivity contribution in [3.05, 3.63) is 71.0 Å². The molecule has 2 aliphatic rings. The summed E-state index contributed by atoms with van der Waals surface area (Å²) in [6.45, 7) is 1.56. The maximum atomic E-state index is 10.6. The molecule has 86 valence electrons. The summed E-state index contributed by atoms with van der Waals surface area (Å²) < 4.78 is 0. The molecule has 17 heavy (non-hydrogen) atoms. The quantitative estimate of drug-likeness (QED) is 0.743. The van der Waals surface area contributed by atoms with Crippen LogP contribution in [0, 0.1) is 0 Å². The molecule has 0 aromatic heterocycles. The molecule has 0 heterocycles. The van der Waals surface area contributed by atoms with Crippen LogP contribution in [0.2, 0.25) is 0 Å². The second-order valence-corrected chi connectivity index (χ2v) is 4.06. The molecule has 1 aromatic carbocycles. The standard InChI is InChI=1S/C8H8O.C7H6O/c1-7(9)8-5-3-2-4-6-8;8-7-4-5-1-2-6(7)3-5/h2-6H,1H3;1-2,4,8H,3H2. The fourth-order valence-electron chi connectivity index (χ4n) is 1.76. The molecule has 2 nitrogen and oxygen atoms in total. The molecule has 1 aromatic rings. The van der Waals surface area contributed by atoms with Crippen LogP contribution < -0.4 is 0 Å². The molecule has 0 saturated heterocycles. The number of hydrogen-bond acceptors (Lipinski definition) is 2. The maximum absolute atomic E-state index is 10.6. The van der Waals surface area contributed by atoms with Gasteiger partial charge < -0.3 is 5.11 Å². The monoisotopic (exact) mass is 226 g/mol. The summed E-state index contributed by atoms with van der Waals surface area (Å²) in [5.41, 5.74) is 3.08. The van der Waals surface area contributed by atoms with Gasteiger partial charge in [0, 0.05) is 12.0 Å². The molecular formula is C15H14O2. The Bertz CT molecular complexity index is 519. The second-order valence-electron chi connectivity index (χ2n) is 4.06. The Morgan fingerprint density at radius 2 is 1.88 bits per heavy atom. The third kappa shape index (κ3) is 2.72. The van der Waals surface area contributed by atoms with Crippen molar-refractivity contribution < 1.29 is 9.90 Å². The van der Waals surface area contributed by atoms with Crippen LogP contribution in [0.25, 0.3) is 0 Å². The van der Waals surface area contributed by atoms with E-state index < -0.39 is 0 Å². The van der Waals surface area contributed by atoms with Crippen molar-refractivity contribution in [3.63, 3.8) is 0 Å². The largest absolute Gasteiger partial charge is 0.508 e. The van der Waals surface area contributed by atoms with Crippen LogP contribution in [-0.2, 0) is 0 Å². The van der Waals surface area contributed by atoms with Gasteiger partial charge in [-0.15, -0.1) is 0 Å². The number of hydrogen-bond donors (Lipinski definition) is 1. The number of allylic oxidation sites excluding steroid dienone is 5. The van der Waals surface area contributed by atoms with Crippen molar-refractivity contribution in [3.8, 4) is 0 Å². The first-order valence-corrected chi connectivity index (χ1v) is 5.53. The van der Waals surface area contributed by atoms with E-state index in [-0.39, 0.29) is 5.78 Å². The van der Waals surface area contributed by atoms with E-state index in [1.165, 1.54) is 5.57 Å². The van der Waals surface area contributed by atoms with E-state index in [1.54, 1.807) is 6.92 Å². The van der Waals surface area contributed by atoms with E-state index in [4.69, 9.17) is 5.11 Å². The van der Waals surface area contributed by atoms with Crippen LogP contribution in [-0.4, -0.2) is 10.9 Å². The van der Waals surface area contributed by atoms with E-state index in [0.29, 0.717) is 5.76 Å². The van der Waals surface area contributed by atoms with E-state index >= 15 is 0 Å². The highest BCUT2D eigenvalue weighted by Crippen LogP contribution is 2.31. The van der Waals surface area contributed by atoms with E-state index in [0.717, 1.165) is 17.6 Å². The minimum Gasteiger partial charge on any atom is -0.508 e. The molecule has 0 saturated carbocycles. The van der Waals surface area contributed by atoms with Gasteiger partial charge in [0.15, 0.2) is 5.78 Å². The predicted molar refractivity (Wildman–Crippen MR) is 67.9 cm³/mol. The van der Waals surface area contributed by atoms with Gasteiger partial charge in [-0.3, -0.25) is 4.79 Å². The number of fused-ring (bicyclic) bond motifs is 2. The lowest BCUT2D eigenvalue weighted by Gasteiger charge is -1.89. The molecule has 3 rings (SSSR count). The maximum Gasteiger partial charge on any atom is 0.159 e. The Morgan fingerprint density at radius 1 is 1.18 bits per heavy atom. The van der Waals surface area contributed by atoms with Crippen LogP contribution in [0.5, 0.6) is 0 Å². The normalized spacial score (nSPS) is 15.5. The Kier molecular flexibility index (Phi) is 3.24. The van der Waals surface area contributed by atoms with Gasteiger partial charge in [-0.2, -0.15) is 0 Å². The number of carbonyl (C=O) groups excluding carboxylic acids is 1. The molecule has 0 fully saturated rings. The lowest BCUT2D eigenvalue weighted by atomic mass is 10.2. The first-order chi connectivity index (χ1) is 8.16. The van der Waals surface area contributed by atoms with Gasteiger partial charge in [0.1, 0.15) is 5.76 Å². The number of benzene rings is 1. The first kappa shape index (κ1) is 11.4. The number of rotatable bonds is 1. The molecular weight excluding hydrogens is 212 g/mol. The molecule has 0 radical (unpaired) electrons. The summed E-state index contributed by atoms with van der Waals surface area (Å²) in [6.07, 6.45) is 6.76. The second kappa shape index (κ2) is 4.83. The molecule has 0 atom stereocenters. The highest BCUT2D eigenvalue weighted by atomic mass is 16.3. The summed E-state index contributed by atoms with van der Waals surface area (Å²) in [5.74, 6) is 0.582. The van der Waals surface area contributed by atoms with Crippen molar-refractivity contribution in [1.82, 2.24) is 0 Å². The van der Waals surface area contributed by atoms with E-state index in [9.17, 15) is 4.79 Å². The first-order valence-electron chi connectivity index (χ1n) is 5.53. The Balaban J connectivity index is 0.000000127. The zero-order valence-electron chi connectivity index (χ0n) is 9.68. The summed E-state index contributed by atoms with van der Waals surface area (Å²) >= 11 is 0. The Morgan fingerprint density at radius 3 is 2.18 bits per heavy atom. The third-order valence-corrected chi connectivity index (χ3v) is 2.72. The smallest absolute Gasteiger partial charge is 0.159 e. The van der Waals surface area contributed by atoms with Gasteiger partial charge in [0.25, 0.3) is 0 Å². The zero-order valence-corrected chi connectivity index (χ0v) is 9.68. The van der Waals surface area contributed by atoms with Gasteiger partial charge in [-0.25, -0.2) is 0 Å². The number of aliphatic hydroxyl groups excluding tert-OH is 1. The predicted octanol–water partition coefficient (Wildman–Crippen LogP) is 3.59. The van der Waals surface area contributed by atoms with Crippen LogP contribution in [0.3, 0.4) is 0 Å². The van der Waals surface area contributed by atoms with Gasteiger partial charge in [0.2, 0.25) is 0 Å². The SMILES string of the molecule is CC(=O)c1ccccc1.OC1=C2C=CC(=C1)C2. The summed E-state index contributed by atoms with van der Waals surface area (Å²) in [6, 6.07) is 9.23. The molecule has 0 spiro atoms. The van der Waals surface area contributed by atoms with E-state index in [1.807, 2.05) is 48.6 Å². The minimum absolute atomic E-state index is 0.121. The molecule has 1 N–H and O–H groups in total. The Labute approximate surface area is 101 Å². The van der Waals surface area contributed by atoms with Crippen LogP contribution in [0.15, 0.2) is 65.5 Å². The molecule has 2 bridgehead atoms. The molecule has 2 heteroatoms. The summed E-state index contributed by atoms with van der Waals surface area (Å²) in [4.78, 5) is 10.6. The third-order valence-electron chi connectivity index (χ3n) is 2.72. The van der Waals surface area contributed by atoms with Crippen molar-refractivity contribution in [2.45, 2.75) is 13.3 Å². The van der Waals surface area contributed by atoms with Crippen molar-refractivity contribution in [2.75, 3.05) is 0 Å². The average molecular weight is 226 g/mol. The lowest BCUT2D eigenvalue weighted by Crippen LogP contribution is -1.88. The highest BCUT2D eigenvalue weighted by molar-refractivity contribution is 5.93. The van der Waals surface area contributed by atoms with Gasteiger partial charge in [-0.1, -0.05) is 42.5 Å². The number of Topliss-reactive ketones (excluding diaryl/α,β-unsaturated/α-hetero) is 1. The van der Waals surface area contributed by atoms with Crippen LogP contribution in [0.1, 0.15) is 23.7 Å². The van der Waals surface area contributed by atoms with E-state index in [2.05, 4.69) is 0 Å². The van der Waals surface area contributed by atoms with Gasteiger partial charge >= 0.3 is 0 Å². The molecule has 0 aliphatic heterocycles. The molecule has 2 aliphatic carbocycles. The fourth-order valence-corrected chi connectivity index (χ4v) is 1.76. The number of carbonyl (C=O) groups is 1. The van der Waals surface area contributed by atoms with Gasteiger partial charge in [-0.05, 0) is 24.1 Å². The van der Waals surface area contributed by atoms with Crippen molar-refractivity contribution in [1.29, 1.82) is 0 Å². The molecule has 0 unspecified atom stereocenters. The average Bonchev–Trinajstić information content (AvgIpc) is 2.92. The minimum atomic E-state index is 0.121.